The zero-order valence-electron chi connectivity index (χ0n) is 29.4. The molecule has 2 aromatic heterocycles. The van der Waals surface area contributed by atoms with E-state index in [1.807, 2.05) is 12.3 Å². The lowest BCUT2D eigenvalue weighted by Gasteiger charge is -2.13. The normalized spacial score (nSPS) is 11.3. The predicted octanol–water partition coefficient (Wildman–Crippen LogP) is 13.3. The molecule has 0 atom stereocenters. The Labute approximate surface area is 313 Å². The van der Waals surface area contributed by atoms with Gasteiger partial charge in [-0.25, -0.2) is 9.97 Å². The second kappa shape index (κ2) is 13.4. The van der Waals surface area contributed by atoms with E-state index in [-0.39, 0.29) is 0 Å². The van der Waals surface area contributed by atoms with E-state index in [4.69, 9.17) is 9.97 Å². The number of pyridine rings is 1. The van der Waals surface area contributed by atoms with Crippen molar-refractivity contribution >= 4 is 32.3 Å². The lowest BCUT2D eigenvalue weighted by atomic mass is 9.93. The van der Waals surface area contributed by atoms with Gasteiger partial charge < -0.3 is 0 Å². The van der Waals surface area contributed by atoms with Gasteiger partial charge in [0.05, 0.1) is 11.4 Å². The van der Waals surface area contributed by atoms with Gasteiger partial charge in [-0.2, -0.15) is 0 Å². The number of rotatable bonds is 6. The molecule has 0 aliphatic rings. The van der Waals surface area contributed by atoms with Crippen molar-refractivity contribution in [3.63, 3.8) is 0 Å². The van der Waals surface area contributed by atoms with Crippen LogP contribution in [0.2, 0.25) is 0 Å². The van der Waals surface area contributed by atoms with E-state index in [2.05, 4.69) is 187 Å². The van der Waals surface area contributed by atoms with Crippen LogP contribution in [0.15, 0.2) is 200 Å². The van der Waals surface area contributed by atoms with Crippen LogP contribution in [0, 0.1) is 0 Å². The summed E-state index contributed by atoms with van der Waals surface area (Å²) in [5.74, 6) is 0.695. The van der Waals surface area contributed by atoms with Crippen molar-refractivity contribution < 1.29 is 0 Å². The molecule has 0 spiro atoms. The topological polar surface area (TPSA) is 38.7 Å². The predicted molar refractivity (Wildman–Crippen MR) is 225 cm³/mol. The lowest BCUT2D eigenvalue weighted by Crippen LogP contribution is -1.96. The molecular weight excluding hydrogens is 655 g/mol. The molecule has 10 aromatic rings. The zero-order chi connectivity index (χ0) is 35.8. The standard InChI is InChI=1S/C51H33N3/c1-2-9-41-30-43(28-21-34(41)8-1)50-32-49(39-24-19-36(20-25-39)35-15-17-37(18-16-35)44-11-7-29-52-33-44)53-51(54-50)40-26-22-38(23-27-40)48-31-42-10-3-4-12-45(42)46-13-5-6-14-47(46)48/h1-33H. The molecular formula is C51H33N3. The maximum absolute atomic E-state index is 5.19. The maximum atomic E-state index is 5.19. The molecule has 0 radical (unpaired) electrons. The van der Waals surface area contributed by atoms with Gasteiger partial charge in [-0.05, 0) is 90.0 Å². The lowest BCUT2D eigenvalue weighted by molar-refractivity contribution is 1.18. The quantitative estimate of drug-likeness (QED) is 0.163. The van der Waals surface area contributed by atoms with Crippen LogP contribution in [0.25, 0.3) is 99.6 Å². The highest BCUT2D eigenvalue weighted by atomic mass is 14.9. The first-order valence-electron chi connectivity index (χ1n) is 18.2. The van der Waals surface area contributed by atoms with Crippen molar-refractivity contribution in [2.24, 2.45) is 0 Å². The molecule has 0 bridgehead atoms. The molecule has 10 rings (SSSR count). The number of hydrogen-bond acceptors (Lipinski definition) is 3. The molecule has 0 aliphatic heterocycles. The number of benzene rings is 8. The highest BCUT2D eigenvalue weighted by Gasteiger charge is 2.14. The largest absolute Gasteiger partial charge is 0.264 e. The summed E-state index contributed by atoms with van der Waals surface area (Å²) < 4.78 is 0. The summed E-state index contributed by atoms with van der Waals surface area (Å²) in [5, 5.41) is 7.40. The average molecular weight is 688 g/mol. The summed E-state index contributed by atoms with van der Waals surface area (Å²) in [6, 6.07) is 66.8. The SMILES string of the molecule is c1cncc(-c2ccc(-c3ccc(-c4cc(-c5ccc6ccccc6c5)nc(-c5ccc(-c6cc7ccccc7c7ccccc67)cc5)n4)cc3)cc2)c1. The average Bonchev–Trinajstić information content (AvgIpc) is 3.26. The van der Waals surface area contributed by atoms with Crippen molar-refractivity contribution in [1.29, 1.82) is 0 Å². The van der Waals surface area contributed by atoms with Crippen LogP contribution in [0.1, 0.15) is 0 Å². The van der Waals surface area contributed by atoms with Gasteiger partial charge in [0.1, 0.15) is 0 Å². The van der Waals surface area contributed by atoms with Crippen LogP contribution in [0.4, 0.5) is 0 Å². The van der Waals surface area contributed by atoms with Gasteiger partial charge in [0.25, 0.3) is 0 Å². The Balaban J connectivity index is 1.04. The van der Waals surface area contributed by atoms with E-state index < -0.39 is 0 Å². The molecule has 0 fully saturated rings. The van der Waals surface area contributed by atoms with Crippen LogP contribution in [0.3, 0.4) is 0 Å². The number of fused-ring (bicyclic) bond motifs is 4. The Bertz CT molecular complexity index is 2950. The van der Waals surface area contributed by atoms with E-state index in [9.17, 15) is 0 Å². The summed E-state index contributed by atoms with van der Waals surface area (Å²) in [4.78, 5) is 14.6. The maximum Gasteiger partial charge on any atom is 0.160 e. The fourth-order valence-corrected chi connectivity index (χ4v) is 7.53. The van der Waals surface area contributed by atoms with Crippen molar-refractivity contribution in [3.05, 3.63) is 200 Å². The minimum Gasteiger partial charge on any atom is -0.264 e. The Morgan fingerprint density at radius 3 is 1.54 bits per heavy atom. The first kappa shape index (κ1) is 31.5. The van der Waals surface area contributed by atoms with E-state index in [1.54, 1.807) is 6.20 Å². The number of aromatic nitrogens is 3. The van der Waals surface area contributed by atoms with Crippen molar-refractivity contribution in [2.75, 3.05) is 0 Å². The molecule has 252 valence electrons. The first-order chi connectivity index (χ1) is 26.7. The number of nitrogens with zero attached hydrogens (tertiary/aromatic N) is 3. The van der Waals surface area contributed by atoms with Gasteiger partial charge in [-0.3, -0.25) is 4.98 Å². The van der Waals surface area contributed by atoms with Gasteiger partial charge in [0.2, 0.25) is 0 Å². The molecule has 8 aromatic carbocycles. The molecule has 0 amide bonds. The third kappa shape index (κ3) is 5.88. The first-order valence-corrected chi connectivity index (χ1v) is 18.2. The van der Waals surface area contributed by atoms with Crippen LogP contribution in [-0.2, 0) is 0 Å². The van der Waals surface area contributed by atoms with E-state index in [0.29, 0.717) is 5.82 Å². The molecule has 2 heterocycles. The van der Waals surface area contributed by atoms with Gasteiger partial charge in [0, 0.05) is 29.1 Å². The molecule has 0 N–H and O–H groups in total. The minimum atomic E-state index is 0.695. The van der Waals surface area contributed by atoms with Crippen LogP contribution in [0.5, 0.6) is 0 Å². The van der Waals surface area contributed by atoms with Crippen LogP contribution in [-0.4, -0.2) is 15.0 Å². The Morgan fingerprint density at radius 2 is 0.833 bits per heavy atom. The van der Waals surface area contributed by atoms with E-state index in [1.165, 1.54) is 37.9 Å². The summed E-state index contributed by atoms with van der Waals surface area (Å²) in [7, 11) is 0. The smallest absolute Gasteiger partial charge is 0.160 e. The van der Waals surface area contributed by atoms with Gasteiger partial charge >= 0.3 is 0 Å². The third-order valence-electron chi connectivity index (χ3n) is 10.4. The van der Waals surface area contributed by atoms with E-state index in [0.717, 1.165) is 55.9 Å². The zero-order valence-corrected chi connectivity index (χ0v) is 29.4. The minimum absolute atomic E-state index is 0.695. The second-order valence-corrected chi connectivity index (χ2v) is 13.7. The Morgan fingerprint density at radius 1 is 0.296 bits per heavy atom. The van der Waals surface area contributed by atoms with Gasteiger partial charge in [0.15, 0.2) is 5.82 Å². The highest BCUT2D eigenvalue weighted by Crippen LogP contribution is 2.36. The molecule has 54 heavy (non-hydrogen) atoms. The van der Waals surface area contributed by atoms with E-state index >= 15 is 0 Å². The fraction of sp³-hybridized carbons (Fsp3) is 0. The highest BCUT2D eigenvalue weighted by molar-refractivity contribution is 6.13. The molecule has 0 aliphatic carbocycles. The molecule has 3 nitrogen and oxygen atoms in total. The van der Waals surface area contributed by atoms with Crippen LogP contribution >= 0.6 is 0 Å². The van der Waals surface area contributed by atoms with Crippen molar-refractivity contribution in [2.45, 2.75) is 0 Å². The van der Waals surface area contributed by atoms with Gasteiger partial charge in [-0.1, -0.05) is 164 Å². The summed E-state index contributed by atoms with van der Waals surface area (Å²) in [6.45, 7) is 0. The Kier molecular flexibility index (Phi) is 7.81. The van der Waals surface area contributed by atoms with Crippen LogP contribution < -0.4 is 0 Å². The third-order valence-corrected chi connectivity index (χ3v) is 10.4. The Hall–Kier alpha value is -7.23. The molecule has 0 saturated heterocycles. The summed E-state index contributed by atoms with van der Waals surface area (Å²) in [5.41, 5.74) is 11.8. The van der Waals surface area contributed by atoms with Crippen molar-refractivity contribution in [1.82, 2.24) is 15.0 Å². The summed E-state index contributed by atoms with van der Waals surface area (Å²) in [6.07, 6.45) is 3.70. The van der Waals surface area contributed by atoms with Gasteiger partial charge in [-0.15, -0.1) is 0 Å². The number of hydrogen-bond donors (Lipinski definition) is 0. The molecule has 0 saturated carbocycles. The monoisotopic (exact) mass is 687 g/mol. The van der Waals surface area contributed by atoms with Crippen molar-refractivity contribution in [3.8, 4) is 67.3 Å². The second-order valence-electron chi connectivity index (χ2n) is 13.7. The fourth-order valence-electron chi connectivity index (χ4n) is 7.53. The summed E-state index contributed by atoms with van der Waals surface area (Å²) >= 11 is 0. The molecule has 3 heteroatoms. The molecule has 0 unspecified atom stereocenters.